The number of hydrogen-bond acceptors (Lipinski definition) is 4. The molecule has 4 rings (SSSR count). The van der Waals surface area contributed by atoms with Crippen molar-refractivity contribution < 1.29 is 19.1 Å². The van der Waals surface area contributed by atoms with Crippen molar-refractivity contribution in [2.45, 2.75) is 19.9 Å². The van der Waals surface area contributed by atoms with Gasteiger partial charge in [-0.25, -0.2) is 4.39 Å². The monoisotopic (exact) mass is 407 g/mol. The molecule has 1 fully saturated rings. The molecule has 0 aliphatic carbocycles. The van der Waals surface area contributed by atoms with Crippen molar-refractivity contribution in [2.24, 2.45) is 0 Å². The van der Waals surface area contributed by atoms with E-state index in [1.807, 2.05) is 42.6 Å². The number of benzene rings is 2. The lowest BCUT2D eigenvalue weighted by Gasteiger charge is -2.24. The summed E-state index contributed by atoms with van der Waals surface area (Å²) in [7, 11) is 0. The molecule has 146 valence electrons. The fourth-order valence-corrected chi connectivity index (χ4v) is 4.36. The van der Waals surface area contributed by atoms with Gasteiger partial charge in [-0.05, 0) is 66.8 Å². The average molecular weight is 407 g/mol. The van der Waals surface area contributed by atoms with Gasteiger partial charge in [0.05, 0.1) is 5.57 Å². The molecule has 4 nitrogen and oxygen atoms in total. The van der Waals surface area contributed by atoms with E-state index in [0.29, 0.717) is 16.8 Å². The van der Waals surface area contributed by atoms with E-state index in [1.165, 1.54) is 34.4 Å². The van der Waals surface area contributed by atoms with Gasteiger partial charge in [-0.3, -0.25) is 14.5 Å². The maximum Gasteiger partial charge on any atom is 0.300 e. The van der Waals surface area contributed by atoms with E-state index in [4.69, 9.17) is 0 Å². The largest absolute Gasteiger partial charge is 0.507 e. The number of ketones is 1. The summed E-state index contributed by atoms with van der Waals surface area (Å²) in [6, 6.07) is 14.3. The zero-order chi connectivity index (χ0) is 20.7. The second-order valence-electron chi connectivity index (χ2n) is 6.99. The lowest BCUT2D eigenvalue weighted by Crippen LogP contribution is -2.29. The number of nitrogens with zero attached hydrogens (tertiary/aromatic N) is 1. The summed E-state index contributed by atoms with van der Waals surface area (Å²) in [5.74, 6) is -2.17. The molecule has 2 heterocycles. The molecule has 0 bridgehead atoms. The zero-order valence-corrected chi connectivity index (χ0v) is 16.7. The molecule has 0 saturated carbocycles. The number of amides is 1. The number of hydrogen-bond donors (Lipinski definition) is 1. The number of aliphatic hydroxyl groups excluding tert-OH is 1. The van der Waals surface area contributed by atoms with E-state index in [0.717, 1.165) is 10.4 Å². The van der Waals surface area contributed by atoms with Gasteiger partial charge in [0.25, 0.3) is 11.7 Å². The van der Waals surface area contributed by atoms with E-state index in [-0.39, 0.29) is 11.3 Å². The quantitative estimate of drug-likeness (QED) is 0.372. The van der Waals surface area contributed by atoms with E-state index in [1.54, 1.807) is 13.0 Å². The average Bonchev–Trinajstić information content (AvgIpc) is 3.31. The number of anilines is 1. The number of thiophene rings is 1. The van der Waals surface area contributed by atoms with E-state index in [2.05, 4.69) is 0 Å². The number of rotatable bonds is 3. The summed E-state index contributed by atoms with van der Waals surface area (Å²) < 4.78 is 13.7. The third-order valence-electron chi connectivity index (χ3n) is 4.97. The minimum atomic E-state index is -0.760. The van der Waals surface area contributed by atoms with Crippen molar-refractivity contribution in [3.05, 3.63) is 92.9 Å². The van der Waals surface area contributed by atoms with Crippen LogP contribution in [0.2, 0.25) is 0 Å². The molecule has 1 N–H and O–H groups in total. The normalized spacial score (nSPS) is 18.4. The maximum atomic E-state index is 13.7. The van der Waals surface area contributed by atoms with Crippen LogP contribution in [-0.2, 0) is 9.59 Å². The summed E-state index contributed by atoms with van der Waals surface area (Å²) in [5.41, 5.74) is 2.18. The number of Topliss-reactive ketones (excluding diaryl/α,β-unsaturated/α-hetero) is 1. The smallest absolute Gasteiger partial charge is 0.300 e. The first kappa shape index (κ1) is 19.1. The Kier molecular flexibility index (Phi) is 4.80. The molecule has 1 amide bonds. The van der Waals surface area contributed by atoms with Crippen molar-refractivity contribution in [2.75, 3.05) is 4.90 Å². The van der Waals surface area contributed by atoms with Crippen LogP contribution < -0.4 is 4.90 Å². The van der Waals surface area contributed by atoms with Crippen LogP contribution in [0.25, 0.3) is 5.76 Å². The lowest BCUT2D eigenvalue weighted by atomic mass is 9.98. The molecule has 1 atom stereocenters. The molecule has 6 heteroatoms. The van der Waals surface area contributed by atoms with Crippen molar-refractivity contribution in [1.29, 1.82) is 0 Å². The van der Waals surface area contributed by atoms with Crippen LogP contribution in [-0.4, -0.2) is 16.8 Å². The Morgan fingerprint density at radius 2 is 1.86 bits per heavy atom. The Bertz CT molecular complexity index is 1150. The highest BCUT2D eigenvalue weighted by molar-refractivity contribution is 7.10. The van der Waals surface area contributed by atoms with Crippen LogP contribution in [0, 0.1) is 19.7 Å². The molecule has 2 aromatic carbocycles. The van der Waals surface area contributed by atoms with E-state index >= 15 is 0 Å². The predicted molar refractivity (Wildman–Crippen MR) is 111 cm³/mol. The van der Waals surface area contributed by atoms with Gasteiger partial charge in [-0.2, -0.15) is 0 Å². The van der Waals surface area contributed by atoms with E-state index in [9.17, 15) is 19.1 Å². The summed E-state index contributed by atoms with van der Waals surface area (Å²) in [4.78, 5) is 28.1. The van der Waals surface area contributed by atoms with Crippen LogP contribution in [0.4, 0.5) is 10.1 Å². The first-order valence-electron chi connectivity index (χ1n) is 9.06. The van der Waals surface area contributed by atoms with Crippen LogP contribution in [0.15, 0.2) is 65.6 Å². The standard InChI is InChI=1S/C23H18FNO3S/c1-13-5-3-6-16(11-13)25-20(18-7-4-10-29-18)19(22(27)23(25)28)21(26)15-8-9-17(24)14(2)12-15/h3-12,20,26H,1-2H3/b21-19-. The number of halogens is 1. The molecule has 1 saturated heterocycles. The van der Waals surface area contributed by atoms with Gasteiger partial charge >= 0.3 is 0 Å². The van der Waals surface area contributed by atoms with Crippen LogP contribution in [0.3, 0.4) is 0 Å². The summed E-state index contributed by atoms with van der Waals surface area (Å²) in [5, 5.41) is 12.8. The van der Waals surface area contributed by atoms with Crippen molar-refractivity contribution in [1.82, 2.24) is 0 Å². The van der Waals surface area contributed by atoms with Gasteiger partial charge in [-0.15, -0.1) is 11.3 Å². The molecule has 0 radical (unpaired) electrons. The highest BCUT2D eigenvalue weighted by Gasteiger charge is 2.47. The molecule has 29 heavy (non-hydrogen) atoms. The van der Waals surface area contributed by atoms with Gasteiger partial charge in [0.15, 0.2) is 0 Å². The van der Waals surface area contributed by atoms with Gasteiger partial charge < -0.3 is 5.11 Å². The summed E-state index contributed by atoms with van der Waals surface area (Å²) in [6.45, 7) is 3.48. The highest BCUT2D eigenvalue weighted by Crippen LogP contribution is 2.43. The molecular formula is C23H18FNO3S. The maximum absolute atomic E-state index is 13.7. The number of carbonyl (C=O) groups is 2. The Hall–Kier alpha value is -3.25. The van der Waals surface area contributed by atoms with Crippen molar-refractivity contribution >= 4 is 34.5 Å². The Morgan fingerprint density at radius 1 is 1.07 bits per heavy atom. The summed E-state index contributed by atoms with van der Waals surface area (Å²) in [6.07, 6.45) is 0. The first-order chi connectivity index (χ1) is 13.9. The number of aliphatic hydroxyl groups is 1. The Labute approximate surface area is 171 Å². The highest BCUT2D eigenvalue weighted by atomic mass is 32.1. The molecule has 1 aromatic heterocycles. The minimum absolute atomic E-state index is 0.00460. The van der Waals surface area contributed by atoms with Crippen molar-refractivity contribution in [3.8, 4) is 0 Å². The second kappa shape index (κ2) is 7.29. The van der Waals surface area contributed by atoms with Gasteiger partial charge in [0.1, 0.15) is 17.6 Å². The molecule has 3 aromatic rings. The topological polar surface area (TPSA) is 57.6 Å². The molecular weight excluding hydrogens is 389 g/mol. The van der Waals surface area contributed by atoms with Crippen LogP contribution >= 0.6 is 11.3 Å². The third kappa shape index (κ3) is 3.25. The molecule has 1 aliphatic heterocycles. The molecule has 0 spiro atoms. The summed E-state index contributed by atoms with van der Waals surface area (Å²) >= 11 is 1.40. The fourth-order valence-electron chi connectivity index (χ4n) is 3.54. The SMILES string of the molecule is Cc1cccc(N2C(=O)C(=O)/C(=C(\O)c3ccc(F)c(C)c3)C2c2cccs2)c1. The molecule has 1 aliphatic rings. The number of aryl methyl sites for hydroxylation is 2. The van der Waals surface area contributed by atoms with Crippen LogP contribution in [0.1, 0.15) is 27.6 Å². The van der Waals surface area contributed by atoms with Gasteiger partial charge in [0.2, 0.25) is 0 Å². The third-order valence-corrected chi connectivity index (χ3v) is 5.89. The number of carbonyl (C=O) groups excluding carboxylic acids is 2. The Balaban J connectivity index is 1.94. The predicted octanol–water partition coefficient (Wildman–Crippen LogP) is 5.13. The first-order valence-corrected chi connectivity index (χ1v) is 9.94. The van der Waals surface area contributed by atoms with Crippen molar-refractivity contribution in [3.63, 3.8) is 0 Å². The van der Waals surface area contributed by atoms with Gasteiger partial charge in [-0.1, -0.05) is 18.2 Å². The Morgan fingerprint density at radius 3 is 2.52 bits per heavy atom. The van der Waals surface area contributed by atoms with Crippen LogP contribution in [0.5, 0.6) is 0 Å². The van der Waals surface area contributed by atoms with Gasteiger partial charge in [0, 0.05) is 16.1 Å². The van der Waals surface area contributed by atoms with E-state index < -0.39 is 23.5 Å². The fraction of sp³-hybridized carbons (Fsp3) is 0.130. The minimum Gasteiger partial charge on any atom is -0.507 e. The molecule has 1 unspecified atom stereocenters. The second-order valence-corrected chi connectivity index (χ2v) is 7.97. The lowest BCUT2D eigenvalue weighted by molar-refractivity contribution is -0.132. The zero-order valence-electron chi connectivity index (χ0n) is 15.8.